The van der Waals surface area contributed by atoms with Crippen molar-refractivity contribution in [2.75, 3.05) is 29.5 Å². The molecule has 0 saturated carbocycles. The summed E-state index contributed by atoms with van der Waals surface area (Å²) in [5, 5.41) is -1.08. The molecule has 1 saturated heterocycles. The second-order valence-corrected chi connectivity index (χ2v) is 11.2. The van der Waals surface area contributed by atoms with Crippen molar-refractivity contribution in [1.29, 1.82) is 0 Å². The van der Waals surface area contributed by atoms with Crippen LogP contribution in [0.25, 0.3) is 32.3 Å². The number of anilines is 2. The van der Waals surface area contributed by atoms with Gasteiger partial charge in [-0.15, -0.1) is 0 Å². The average Bonchev–Trinajstić information content (AvgIpc) is 3.31. The van der Waals surface area contributed by atoms with E-state index in [1.54, 1.807) is 12.1 Å². The fourth-order valence-corrected chi connectivity index (χ4v) is 5.98. The first kappa shape index (κ1) is 24.3. The van der Waals surface area contributed by atoms with E-state index in [0.29, 0.717) is 4.57 Å². The third-order valence-corrected chi connectivity index (χ3v) is 8.38. The van der Waals surface area contributed by atoms with Gasteiger partial charge in [-0.3, -0.25) is 38.2 Å². The van der Waals surface area contributed by atoms with Crippen LogP contribution < -0.4 is 33.4 Å². The summed E-state index contributed by atoms with van der Waals surface area (Å²) in [4.78, 5) is 76.9. The number of carbonyl (C=O) groups excluding carboxylic acids is 2. The summed E-state index contributed by atoms with van der Waals surface area (Å²) < 4.78 is 25.8. The molecule has 37 heavy (non-hydrogen) atoms. The lowest BCUT2D eigenvalue weighted by Crippen LogP contribution is -2.35. The van der Waals surface area contributed by atoms with Crippen molar-refractivity contribution in [2.45, 2.75) is 19.4 Å². The minimum atomic E-state index is -3.89. The van der Waals surface area contributed by atoms with Gasteiger partial charge >= 0.3 is 0 Å². The summed E-state index contributed by atoms with van der Waals surface area (Å²) in [5.41, 5.74) is 8.45. The first-order valence-corrected chi connectivity index (χ1v) is 13.1. The number of nitrogens with zero attached hydrogens (tertiary/aromatic N) is 2. The van der Waals surface area contributed by atoms with E-state index in [9.17, 15) is 37.2 Å². The van der Waals surface area contributed by atoms with Crippen LogP contribution in [0, 0.1) is 0 Å². The molecule has 0 unspecified atom stereocenters. The number of amides is 2. The lowest BCUT2D eigenvalue weighted by atomic mass is 9.97. The van der Waals surface area contributed by atoms with Crippen molar-refractivity contribution in [3.8, 4) is 0 Å². The number of hydrogen-bond donors (Lipinski definition) is 2. The van der Waals surface area contributed by atoms with Crippen molar-refractivity contribution < 1.29 is 18.0 Å². The van der Waals surface area contributed by atoms with Crippen LogP contribution in [0.4, 0.5) is 11.4 Å². The zero-order valence-electron chi connectivity index (χ0n) is 19.3. The van der Waals surface area contributed by atoms with E-state index < -0.39 is 61.7 Å². The Hall–Kier alpha value is -4.39. The summed E-state index contributed by atoms with van der Waals surface area (Å²) in [7, 11) is -3.89. The molecule has 1 fully saturated rings. The molecule has 0 radical (unpaired) electrons. The molecule has 0 atom stereocenters. The van der Waals surface area contributed by atoms with Gasteiger partial charge in [0.2, 0.25) is 11.8 Å². The Morgan fingerprint density at radius 3 is 1.57 bits per heavy atom. The van der Waals surface area contributed by atoms with Gasteiger partial charge in [0, 0.05) is 36.7 Å². The smallest absolute Gasteiger partial charge is 0.263 e. The van der Waals surface area contributed by atoms with E-state index in [4.69, 9.17) is 11.5 Å². The number of sulfone groups is 1. The number of benzene rings is 3. The third-order valence-electron chi connectivity index (χ3n) is 6.77. The number of hydrogen-bond acceptors (Lipinski definition) is 10. The molecule has 12 nitrogen and oxygen atoms in total. The van der Waals surface area contributed by atoms with Crippen LogP contribution in [0.5, 0.6) is 0 Å². The molecule has 1 aliphatic rings. The summed E-state index contributed by atoms with van der Waals surface area (Å²) in [5.74, 6) is -2.09. The second kappa shape index (κ2) is 8.34. The van der Waals surface area contributed by atoms with Crippen molar-refractivity contribution >= 4 is 65.3 Å². The van der Waals surface area contributed by atoms with Crippen molar-refractivity contribution in [1.82, 2.24) is 9.47 Å². The Balaban J connectivity index is 1.59. The predicted octanol–water partition coefficient (Wildman–Crippen LogP) is -1.01. The number of nitrogens with two attached hydrogens (primary N) is 2. The van der Waals surface area contributed by atoms with Gasteiger partial charge in [-0.1, -0.05) is 24.3 Å². The first-order valence-electron chi connectivity index (χ1n) is 11.3. The van der Waals surface area contributed by atoms with Gasteiger partial charge in [0.1, 0.15) is 0 Å². The molecule has 190 valence electrons. The Labute approximate surface area is 207 Å². The fourth-order valence-electron chi connectivity index (χ4n) is 4.85. The van der Waals surface area contributed by atoms with Gasteiger partial charge in [-0.25, -0.2) is 8.42 Å². The molecule has 0 aliphatic carbocycles. The molecule has 4 N–H and O–H groups in total. The minimum absolute atomic E-state index is 0.0246. The van der Waals surface area contributed by atoms with E-state index in [1.807, 2.05) is 0 Å². The number of aromatic nitrogens is 1. The number of likely N-dealkylation sites (tertiary alicyclic amines) is 1. The Kier molecular flexibility index (Phi) is 5.48. The van der Waals surface area contributed by atoms with Gasteiger partial charge in [0.25, 0.3) is 11.1 Å². The van der Waals surface area contributed by atoms with Crippen LogP contribution in [0.3, 0.4) is 0 Å². The number of rotatable bonds is 6. The second-order valence-electron chi connectivity index (χ2n) is 8.88. The van der Waals surface area contributed by atoms with Gasteiger partial charge in [-0.05, 0) is 0 Å². The summed E-state index contributed by atoms with van der Waals surface area (Å²) >= 11 is 0. The highest BCUT2D eigenvalue weighted by molar-refractivity contribution is 7.91. The van der Waals surface area contributed by atoms with Crippen LogP contribution in [0.1, 0.15) is 12.8 Å². The normalized spacial score (nSPS) is 14.5. The molecule has 13 heteroatoms. The molecule has 2 heterocycles. The number of imide groups is 1. The molecular formula is C24H20N4O8S. The number of fused-ring (bicyclic) bond motifs is 3. The minimum Gasteiger partial charge on any atom is -0.397 e. The van der Waals surface area contributed by atoms with Crippen LogP contribution in [-0.4, -0.2) is 47.7 Å². The van der Waals surface area contributed by atoms with E-state index in [0.717, 1.165) is 4.90 Å². The number of nitrogen functional groups attached to an aromatic ring is 2. The molecule has 1 aliphatic heterocycles. The molecule has 3 aromatic carbocycles. The molecule has 4 aromatic rings. The SMILES string of the molecule is Nc1c2c(=O)c3ccccc3c(=O)c2c(N)c2c(=O)n(CCS(=O)(=O)CCN3C(=O)CCC3=O)c(=O)c12. The molecule has 1 aromatic heterocycles. The maximum absolute atomic E-state index is 13.2. The van der Waals surface area contributed by atoms with Crippen molar-refractivity contribution in [2.24, 2.45) is 0 Å². The fraction of sp³-hybridized carbons (Fsp3) is 0.250. The Bertz CT molecular complexity index is 1880. The van der Waals surface area contributed by atoms with Gasteiger partial charge < -0.3 is 11.5 Å². The average molecular weight is 525 g/mol. The largest absolute Gasteiger partial charge is 0.397 e. The molecule has 0 bridgehead atoms. The predicted molar refractivity (Wildman–Crippen MR) is 138 cm³/mol. The van der Waals surface area contributed by atoms with Gasteiger partial charge in [0.15, 0.2) is 20.7 Å². The maximum Gasteiger partial charge on any atom is 0.263 e. The zero-order chi connectivity index (χ0) is 26.8. The Morgan fingerprint density at radius 2 is 1.11 bits per heavy atom. The quantitative estimate of drug-likeness (QED) is 0.136. The monoisotopic (exact) mass is 524 g/mol. The summed E-state index contributed by atoms with van der Waals surface area (Å²) in [6.07, 6.45) is 0.0493. The molecule has 2 amide bonds. The highest BCUT2D eigenvalue weighted by Gasteiger charge is 2.30. The highest BCUT2D eigenvalue weighted by Crippen LogP contribution is 2.31. The standard InChI is InChI=1S/C24H20N4O8S/c25-19-15-16(22(32)12-4-2-1-3-11(12)21(15)31)20(26)18-17(19)23(33)28(24(18)34)8-10-37(35,36)9-7-27-13(29)5-6-14(27)30/h1-4H,5-10,25-26H2. The molecule has 0 spiro atoms. The van der Waals surface area contributed by atoms with Crippen molar-refractivity contribution in [3.63, 3.8) is 0 Å². The summed E-state index contributed by atoms with van der Waals surface area (Å²) in [6.45, 7) is -0.873. The number of carbonyl (C=O) groups is 2. The van der Waals surface area contributed by atoms with Crippen LogP contribution >= 0.6 is 0 Å². The molecular weight excluding hydrogens is 504 g/mol. The van der Waals surface area contributed by atoms with Crippen LogP contribution in [-0.2, 0) is 26.0 Å². The van der Waals surface area contributed by atoms with E-state index in [1.165, 1.54) is 12.1 Å². The third kappa shape index (κ3) is 3.61. The topological polar surface area (TPSA) is 197 Å². The van der Waals surface area contributed by atoms with Crippen LogP contribution in [0.15, 0.2) is 43.4 Å². The highest BCUT2D eigenvalue weighted by atomic mass is 32.2. The Morgan fingerprint density at radius 1 is 0.676 bits per heavy atom. The lowest BCUT2D eigenvalue weighted by Gasteiger charge is -2.13. The molecule has 5 rings (SSSR count). The van der Waals surface area contributed by atoms with Crippen molar-refractivity contribution in [3.05, 3.63) is 65.4 Å². The van der Waals surface area contributed by atoms with E-state index >= 15 is 0 Å². The van der Waals surface area contributed by atoms with Gasteiger partial charge in [-0.2, -0.15) is 0 Å². The zero-order valence-corrected chi connectivity index (χ0v) is 20.1. The van der Waals surface area contributed by atoms with Crippen LogP contribution in [0.2, 0.25) is 0 Å². The maximum atomic E-state index is 13.2. The van der Waals surface area contributed by atoms with E-state index in [-0.39, 0.29) is 63.1 Å². The summed E-state index contributed by atoms with van der Waals surface area (Å²) in [6, 6.07) is 6.01. The lowest BCUT2D eigenvalue weighted by molar-refractivity contribution is -0.137. The van der Waals surface area contributed by atoms with Gasteiger partial charge in [0.05, 0.1) is 44.4 Å². The first-order chi connectivity index (χ1) is 17.4. The van der Waals surface area contributed by atoms with E-state index in [2.05, 4.69) is 0 Å².